The predicted molar refractivity (Wildman–Crippen MR) is 73.2 cm³/mol. The Hall–Kier alpha value is -0.690. The van der Waals surface area contributed by atoms with Crippen LogP contribution in [0.25, 0.3) is 0 Å². The van der Waals surface area contributed by atoms with E-state index >= 15 is 0 Å². The van der Waals surface area contributed by atoms with E-state index < -0.39 is 18.3 Å². The third-order valence-corrected chi connectivity index (χ3v) is 4.26. The summed E-state index contributed by atoms with van der Waals surface area (Å²) in [6.45, 7) is 8.12. The molecule has 0 radical (unpaired) electrons. The van der Waals surface area contributed by atoms with Gasteiger partial charge in [-0.05, 0) is 44.7 Å². The van der Waals surface area contributed by atoms with Gasteiger partial charge in [-0.3, -0.25) is 0 Å². The molecule has 2 atom stereocenters. The number of piperidine rings is 1. The summed E-state index contributed by atoms with van der Waals surface area (Å²) in [6, 6.07) is 1.76. The minimum atomic E-state index is -1.30. The summed E-state index contributed by atoms with van der Waals surface area (Å²) < 4.78 is 27.4. The number of likely N-dealkylation sites (tertiary alicyclic amines) is 1. The summed E-state index contributed by atoms with van der Waals surface area (Å²) in [5, 5.41) is 8.72. The van der Waals surface area contributed by atoms with Gasteiger partial charge in [0.25, 0.3) is 0 Å². The molecule has 0 aromatic rings. The van der Waals surface area contributed by atoms with Gasteiger partial charge in [-0.1, -0.05) is 20.8 Å². The lowest BCUT2D eigenvalue weighted by atomic mass is 9.82. The molecule has 0 N–H and O–H groups in total. The van der Waals surface area contributed by atoms with Crippen molar-refractivity contribution in [2.45, 2.75) is 64.8 Å². The summed E-state index contributed by atoms with van der Waals surface area (Å²) in [5.41, 5.74) is 0. The van der Waals surface area contributed by atoms with E-state index in [0.717, 1.165) is 31.8 Å². The van der Waals surface area contributed by atoms with Gasteiger partial charge in [0, 0.05) is 6.04 Å². The molecular formula is C15H26F2N2. The van der Waals surface area contributed by atoms with Crippen molar-refractivity contribution in [3.05, 3.63) is 0 Å². The van der Waals surface area contributed by atoms with Crippen LogP contribution in [0.1, 0.15) is 46.5 Å². The van der Waals surface area contributed by atoms with Gasteiger partial charge in [0.05, 0.1) is 6.07 Å². The van der Waals surface area contributed by atoms with Gasteiger partial charge >= 0.3 is 0 Å². The van der Waals surface area contributed by atoms with Gasteiger partial charge < -0.3 is 4.90 Å². The Morgan fingerprint density at radius 1 is 1.05 bits per heavy atom. The molecule has 1 heterocycles. The van der Waals surface area contributed by atoms with Gasteiger partial charge in [0.1, 0.15) is 18.3 Å². The molecule has 1 saturated heterocycles. The maximum atomic E-state index is 13.7. The fraction of sp³-hybridized carbons (Fsp3) is 0.933. The van der Waals surface area contributed by atoms with Crippen molar-refractivity contribution in [3.8, 4) is 6.07 Å². The van der Waals surface area contributed by atoms with Crippen LogP contribution in [0.3, 0.4) is 0 Å². The molecule has 0 spiro atoms. The summed E-state index contributed by atoms with van der Waals surface area (Å²) in [4.78, 5) is 2.22. The molecule has 0 amide bonds. The summed E-state index contributed by atoms with van der Waals surface area (Å²) >= 11 is 0. The quantitative estimate of drug-likeness (QED) is 0.727. The summed E-state index contributed by atoms with van der Waals surface area (Å²) in [7, 11) is 0. The fourth-order valence-corrected chi connectivity index (χ4v) is 2.99. The van der Waals surface area contributed by atoms with Crippen molar-refractivity contribution in [1.82, 2.24) is 4.90 Å². The average molecular weight is 272 g/mol. The van der Waals surface area contributed by atoms with E-state index in [0.29, 0.717) is 12.8 Å². The van der Waals surface area contributed by atoms with Crippen LogP contribution < -0.4 is 0 Å². The number of hydrogen-bond acceptors (Lipinski definition) is 2. The molecule has 1 aliphatic heterocycles. The second-order valence-corrected chi connectivity index (χ2v) is 5.53. The number of nitriles is 1. The van der Waals surface area contributed by atoms with Crippen LogP contribution in [0.5, 0.6) is 0 Å². The van der Waals surface area contributed by atoms with Crippen molar-refractivity contribution in [1.29, 1.82) is 5.26 Å². The van der Waals surface area contributed by atoms with Crippen LogP contribution in [-0.4, -0.2) is 36.4 Å². The molecule has 0 aromatic carbocycles. The summed E-state index contributed by atoms with van der Waals surface area (Å²) in [5.74, 6) is -0.320. The van der Waals surface area contributed by atoms with E-state index in [1.165, 1.54) is 0 Å². The van der Waals surface area contributed by atoms with Gasteiger partial charge in [-0.2, -0.15) is 5.26 Å². The first kappa shape index (κ1) is 16.4. The van der Waals surface area contributed by atoms with Crippen LogP contribution in [0.2, 0.25) is 0 Å². The van der Waals surface area contributed by atoms with Gasteiger partial charge in [0.2, 0.25) is 0 Å². The van der Waals surface area contributed by atoms with Crippen LogP contribution in [0, 0.1) is 23.2 Å². The van der Waals surface area contributed by atoms with Gasteiger partial charge in [0.15, 0.2) is 0 Å². The Bertz CT molecular complexity index is 283. The molecule has 2 aliphatic rings. The second kappa shape index (κ2) is 7.79. The average Bonchev–Trinajstić information content (AvgIpc) is 2.41. The Balaban J connectivity index is 0.000000861. The predicted octanol–water partition coefficient (Wildman–Crippen LogP) is 3.72. The zero-order chi connectivity index (χ0) is 14.4. The maximum absolute atomic E-state index is 13.7. The molecular weight excluding hydrogens is 246 g/mol. The Morgan fingerprint density at radius 2 is 1.53 bits per heavy atom. The highest BCUT2D eigenvalue weighted by molar-refractivity contribution is 5.01. The molecule has 110 valence electrons. The van der Waals surface area contributed by atoms with E-state index in [1.807, 2.05) is 13.8 Å². The fourth-order valence-electron chi connectivity index (χ4n) is 2.99. The third-order valence-electron chi connectivity index (χ3n) is 4.26. The highest BCUT2D eigenvalue weighted by Gasteiger charge is 2.41. The molecule has 2 unspecified atom stereocenters. The maximum Gasteiger partial charge on any atom is 0.120 e. The Morgan fingerprint density at radius 3 is 1.95 bits per heavy atom. The van der Waals surface area contributed by atoms with Gasteiger partial charge in [-0.25, -0.2) is 8.78 Å². The molecule has 2 rings (SSSR count). The zero-order valence-corrected chi connectivity index (χ0v) is 12.3. The van der Waals surface area contributed by atoms with Crippen molar-refractivity contribution in [2.24, 2.45) is 11.8 Å². The smallest absolute Gasteiger partial charge is 0.120 e. The molecule has 19 heavy (non-hydrogen) atoms. The Labute approximate surface area is 115 Å². The molecule has 2 nitrogen and oxygen atoms in total. The van der Waals surface area contributed by atoms with Crippen molar-refractivity contribution >= 4 is 0 Å². The third kappa shape index (κ3) is 4.14. The van der Waals surface area contributed by atoms with Crippen LogP contribution in [-0.2, 0) is 0 Å². The second-order valence-electron chi connectivity index (χ2n) is 5.53. The van der Waals surface area contributed by atoms with Crippen LogP contribution in [0.4, 0.5) is 8.78 Å². The molecule has 4 heteroatoms. The number of rotatable bonds is 1. The number of halogens is 2. The van der Waals surface area contributed by atoms with Crippen LogP contribution in [0.15, 0.2) is 0 Å². The molecule has 0 bridgehead atoms. The van der Waals surface area contributed by atoms with E-state index in [1.54, 1.807) is 6.07 Å². The monoisotopic (exact) mass is 272 g/mol. The van der Waals surface area contributed by atoms with E-state index in [9.17, 15) is 8.78 Å². The number of nitrogens with zero attached hydrogens (tertiary/aromatic N) is 2. The van der Waals surface area contributed by atoms with Crippen molar-refractivity contribution in [2.75, 3.05) is 13.1 Å². The van der Waals surface area contributed by atoms with Crippen LogP contribution >= 0.6 is 0 Å². The summed E-state index contributed by atoms with van der Waals surface area (Å²) in [6.07, 6.45) is 0.291. The van der Waals surface area contributed by atoms with Crippen molar-refractivity contribution < 1.29 is 8.78 Å². The molecule has 1 saturated carbocycles. The number of hydrogen-bond donors (Lipinski definition) is 0. The largest absolute Gasteiger partial charge is 0.300 e. The zero-order valence-electron chi connectivity index (χ0n) is 12.3. The van der Waals surface area contributed by atoms with E-state index in [2.05, 4.69) is 11.8 Å². The highest BCUT2D eigenvalue weighted by atomic mass is 19.1. The Kier molecular flexibility index (Phi) is 6.71. The molecule has 2 fully saturated rings. The molecule has 0 aromatic heterocycles. The lowest BCUT2D eigenvalue weighted by Gasteiger charge is -2.41. The first-order valence-electron chi connectivity index (χ1n) is 7.53. The lowest BCUT2D eigenvalue weighted by molar-refractivity contribution is 0.0232. The minimum absolute atomic E-state index is 0.00269. The van der Waals surface area contributed by atoms with E-state index in [4.69, 9.17) is 5.26 Å². The normalized spacial score (nSPS) is 37.1. The van der Waals surface area contributed by atoms with Gasteiger partial charge in [-0.15, -0.1) is 0 Å². The van der Waals surface area contributed by atoms with E-state index in [-0.39, 0.29) is 6.04 Å². The topological polar surface area (TPSA) is 27.0 Å². The number of alkyl halides is 2. The highest BCUT2D eigenvalue weighted by Crippen LogP contribution is 2.33. The SMILES string of the molecule is CC.CC1CCN(C2CC(F)C(C#N)C(F)C2)CC1. The first-order valence-corrected chi connectivity index (χ1v) is 7.53. The minimum Gasteiger partial charge on any atom is -0.300 e. The standard InChI is InChI=1S/C13H20F2N2.C2H6/c1-9-2-4-17(5-3-9)10-6-12(14)11(8-16)13(15)7-10;1-2/h9-13H,2-7H2,1H3;1-2H3. The molecule has 1 aliphatic carbocycles. The lowest BCUT2D eigenvalue weighted by Crippen LogP contribution is -2.48. The first-order chi connectivity index (χ1) is 9.11. The van der Waals surface area contributed by atoms with Crippen molar-refractivity contribution in [3.63, 3.8) is 0 Å².